The predicted octanol–water partition coefficient (Wildman–Crippen LogP) is 3.60. The zero-order valence-electron chi connectivity index (χ0n) is 8.47. The summed E-state index contributed by atoms with van der Waals surface area (Å²) in [5.74, 6) is 0. The van der Waals surface area contributed by atoms with Gasteiger partial charge in [-0.15, -0.1) is 0 Å². The minimum Gasteiger partial charge on any atom is -0.247 e. The molecule has 0 radical (unpaired) electrons. The van der Waals surface area contributed by atoms with Crippen LogP contribution in [0.5, 0.6) is 0 Å². The van der Waals surface area contributed by atoms with Crippen LogP contribution in [0.1, 0.15) is 6.42 Å². The van der Waals surface area contributed by atoms with Crippen molar-refractivity contribution < 1.29 is 0 Å². The molecule has 1 aliphatic carbocycles. The van der Waals surface area contributed by atoms with Crippen LogP contribution in [0.4, 0.5) is 5.69 Å². The van der Waals surface area contributed by atoms with Crippen molar-refractivity contribution in [3.05, 3.63) is 46.9 Å². The van der Waals surface area contributed by atoms with Gasteiger partial charge in [0.25, 0.3) is 0 Å². The number of benzene rings is 1. The Morgan fingerprint density at radius 2 is 2.19 bits per heavy atom. The van der Waals surface area contributed by atoms with Gasteiger partial charge in [-0.1, -0.05) is 30.0 Å². The minimum atomic E-state index is 0.722. The Bertz CT molecular complexity index is 588. The van der Waals surface area contributed by atoms with Crippen LogP contribution in [-0.2, 0) is 0 Å². The monoisotopic (exact) mass is 224 g/mol. The molecule has 0 N–H and O–H groups in total. The summed E-state index contributed by atoms with van der Waals surface area (Å²) in [4.78, 5) is 6.92. The molecule has 0 aromatic heterocycles. The SMILES string of the molecule is N#CC1=CC2=Nc3ccccc3SC2=CC1. The van der Waals surface area contributed by atoms with Crippen LogP contribution in [0.2, 0.25) is 0 Å². The lowest BCUT2D eigenvalue weighted by atomic mass is 10.1. The summed E-state index contributed by atoms with van der Waals surface area (Å²) in [6, 6.07) is 10.3. The highest BCUT2D eigenvalue weighted by Gasteiger charge is 2.19. The van der Waals surface area contributed by atoms with Crippen LogP contribution in [0.15, 0.2) is 56.8 Å². The van der Waals surface area contributed by atoms with Gasteiger partial charge in [0.1, 0.15) is 0 Å². The number of thioether (sulfide) groups is 1. The Labute approximate surface area is 98.0 Å². The van der Waals surface area contributed by atoms with Gasteiger partial charge in [0.05, 0.1) is 17.5 Å². The Hall–Kier alpha value is -1.79. The number of hydrogen-bond donors (Lipinski definition) is 0. The summed E-state index contributed by atoms with van der Waals surface area (Å²) in [5, 5.41) is 8.87. The van der Waals surface area contributed by atoms with E-state index in [1.807, 2.05) is 24.3 Å². The maximum Gasteiger partial charge on any atom is 0.0951 e. The molecule has 0 fully saturated rings. The Morgan fingerprint density at radius 3 is 3.06 bits per heavy atom. The standard InChI is InChI=1S/C13H8N2S/c14-8-9-5-6-13-11(7-9)15-10-3-1-2-4-12(10)16-13/h1-4,6-7H,5H2. The maximum absolute atomic E-state index is 8.87. The molecule has 1 aromatic carbocycles. The molecule has 76 valence electrons. The minimum absolute atomic E-state index is 0.722. The number of para-hydroxylation sites is 1. The summed E-state index contributed by atoms with van der Waals surface area (Å²) in [5.41, 5.74) is 2.70. The Morgan fingerprint density at radius 1 is 1.31 bits per heavy atom. The number of rotatable bonds is 0. The lowest BCUT2D eigenvalue weighted by Gasteiger charge is -2.18. The molecule has 0 unspecified atom stereocenters. The average Bonchev–Trinajstić information content (AvgIpc) is 2.35. The van der Waals surface area contributed by atoms with Gasteiger partial charge in [0, 0.05) is 21.8 Å². The van der Waals surface area contributed by atoms with E-state index in [4.69, 9.17) is 5.26 Å². The second-order valence-electron chi connectivity index (χ2n) is 3.62. The van der Waals surface area contributed by atoms with Crippen LogP contribution >= 0.6 is 11.8 Å². The number of aliphatic imine (C=N–C) groups is 1. The van der Waals surface area contributed by atoms with Crippen LogP contribution < -0.4 is 0 Å². The second-order valence-corrected chi connectivity index (χ2v) is 4.70. The van der Waals surface area contributed by atoms with E-state index in [-0.39, 0.29) is 0 Å². The van der Waals surface area contributed by atoms with Crippen LogP contribution in [0, 0.1) is 11.3 Å². The van der Waals surface area contributed by atoms with E-state index in [2.05, 4.69) is 23.2 Å². The molecule has 0 saturated heterocycles. The fourth-order valence-electron chi connectivity index (χ4n) is 1.75. The number of allylic oxidation sites excluding steroid dienone is 4. The largest absolute Gasteiger partial charge is 0.247 e. The zero-order valence-corrected chi connectivity index (χ0v) is 9.29. The fourth-order valence-corrected chi connectivity index (χ4v) is 2.72. The average molecular weight is 224 g/mol. The lowest BCUT2D eigenvalue weighted by molar-refractivity contribution is 1.25. The van der Waals surface area contributed by atoms with Gasteiger partial charge < -0.3 is 0 Å². The van der Waals surface area contributed by atoms with Gasteiger partial charge in [-0.3, -0.25) is 0 Å². The van der Waals surface area contributed by atoms with Gasteiger partial charge in [0.2, 0.25) is 0 Å². The third-order valence-corrected chi connectivity index (χ3v) is 3.70. The van der Waals surface area contributed by atoms with Crippen molar-refractivity contribution in [2.24, 2.45) is 4.99 Å². The van der Waals surface area contributed by atoms with Crippen molar-refractivity contribution in [1.29, 1.82) is 5.26 Å². The summed E-state index contributed by atoms with van der Waals surface area (Å²) < 4.78 is 0. The molecule has 1 heterocycles. The van der Waals surface area contributed by atoms with Gasteiger partial charge in [-0.05, 0) is 18.2 Å². The van der Waals surface area contributed by atoms with Crippen molar-refractivity contribution in [1.82, 2.24) is 0 Å². The Balaban J connectivity index is 2.12. The second kappa shape index (κ2) is 3.66. The van der Waals surface area contributed by atoms with E-state index >= 15 is 0 Å². The van der Waals surface area contributed by atoms with E-state index in [1.165, 1.54) is 4.90 Å². The van der Waals surface area contributed by atoms with Gasteiger partial charge in [-0.2, -0.15) is 5.26 Å². The molecule has 0 spiro atoms. The number of hydrogen-bond acceptors (Lipinski definition) is 3. The van der Waals surface area contributed by atoms with E-state index in [0.29, 0.717) is 0 Å². The topological polar surface area (TPSA) is 36.1 Å². The van der Waals surface area contributed by atoms with Crippen LogP contribution in [-0.4, -0.2) is 5.71 Å². The van der Waals surface area contributed by atoms with E-state index in [0.717, 1.165) is 28.3 Å². The first-order valence-electron chi connectivity index (χ1n) is 5.03. The quantitative estimate of drug-likeness (QED) is 0.675. The molecule has 0 amide bonds. The molecular weight excluding hydrogens is 216 g/mol. The van der Waals surface area contributed by atoms with Crippen molar-refractivity contribution in [3.63, 3.8) is 0 Å². The molecule has 0 atom stereocenters. The normalized spacial score (nSPS) is 17.3. The number of fused-ring (bicyclic) bond motifs is 2. The smallest absolute Gasteiger partial charge is 0.0951 e. The molecule has 1 aromatic rings. The van der Waals surface area contributed by atoms with Crippen molar-refractivity contribution in [2.75, 3.05) is 0 Å². The Kier molecular flexibility index (Phi) is 2.16. The molecule has 0 saturated carbocycles. The summed E-state index contributed by atoms with van der Waals surface area (Å²) in [7, 11) is 0. The van der Waals surface area contributed by atoms with Crippen molar-refractivity contribution >= 4 is 23.2 Å². The number of nitriles is 1. The highest BCUT2D eigenvalue weighted by atomic mass is 32.2. The van der Waals surface area contributed by atoms with Gasteiger partial charge in [-0.25, -0.2) is 4.99 Å². The van der Waals surface area contributed by atoms with Crippen LogP contribution in [0.25, 0.3) is 0 Å². The van der Waals surface area contributed by atoms with Crippen molar-refractivity contribution in [3.8, 4) is 6.07 Å². The highest BCUT2D eigenvalue weighted by molar-refractivity contribution is 8.04. The molecule has 1 aliphatic heterocycles. The maximum atomic E-state index is 8.87. The van der Waals surface area contributed by atoms with E-state index in [1.54, 1.807) is 11.8 Å². The highest BCUT2D eigenvalue weighted by Crippen LogP contribution is 2.41. The molecular formula is C13H8N2S. The third-order valence-electron chi connectivity index (χ3n) is 2.54. The third kappa shape index (κ3) is 1.48. The molecule has 0 bridgehead atoms. The van der Waals surface area contributed by atoms with Crippen molar-refractivity contribution in [2.45, 2.75) is 11.3 Å². The zero-order chi connectivity index (χ0) is 11.0. The lowest BCUT2D eigenvalue weighted by Crippen LogP contribution is -2.05. The van der Waals surface area contributed by atoms with E-state index < -0.39 is 0 Å². The van der Waals surface area contributed by atoms with Gasteiger partial charge >= 0.3 is 0 Å². The summed E-state index contributed by atoms with van der Waals surface area (Å²) in [6.07, 6.45) is 4.69. The first-order chi connectivity index (χ1) is 7.86. The molecule has 3 rings (SSSR count). The van der Waals surface area contributed by atoms with Crippen LogP contribution in [0.3, 0.4) is 0 Å². The predicted molar refractivity (Wildman–Crippen MR) is 65.8 cm³/mol. The summed E-state index contributed by atoms with van der Waals surface area (Å²) >= 11 is 1.73. The van der Waals surface area contributed by atoms with Gasteiger partial charge in [0.15, 0.2) is 0 Å². The molecule has 3 heteroatoms. The first-order valence-corrected chi connectivity index (χ1v) is 5.85. The van der Waals surface area contributed by atoms with E-state index in [9.17, 15) is 0 Å². The molecule has 16 heavy (non-hydrogen) atoms. The molecule has 2 aliphatic rings. The molecule has 2 nitrogen and oxygen atoms in total. The summed E-state index contributed by atoms with van der Waals surface area (Å²) in [6.45, 7) is 0. The number of nitrogens with zero attached hydrogens (tertiary/aromatic N) is 2. The first kappa shape index (κ1) is 9.44. The fraction of sp³-hybridized carbons (Fsp3) is 0.0769.